The molecule has 0 amide bonds. The molecule has 3 rings (SSSR count). The average molecular weight is 407 g/mol. The largest absolute Gasteiger partial charge is 0.229 e. The molecule has 0 atom stereocenters. The van der Waals surface area contributed by atoms with Crippen LogP contribution in [0.1, 0.15) is 30.9 Å². The molecule has 150 valence electrons. The zero-order valence-electron chi connectivity index (χ0n) is 16.9. The second kappa shape index (κ2) is 9.61. The minimum atomic E-state index is -3.02. The lowest BCUT2D eigenvalue weighted by molar-refractivity contribution is 0.601. The number of rotatable bonds is 8. The maximum absolute atomic E-state index is 11.4. The number of hydrogen-bond donors (Lipinski definition) is 0. The Kier molecular flexibility index (Phi) is 6.94. The zero-order chi connectivity index (χ0) is 20.7. The van der Waals surface area contributed by atoms with Gasteiger partial charge in [-0.05, 0) is 59.4 Å². The van der Waals surface area contributed by atoms with E-state index in [0.717, 1.165) is 34.5 Å². The third kappa shape index (κ3) is 6.64. The van der Waals surface area contributed by atoms with E-state index < -0.39 is 9.84 Å². The molecule has 0 fully saturated rings. The van der Waals surface area contributed by atoms with E-state index in [-0.39, 0.29) is 5.75 Å². The molecule has 0 bridgehead atoms. The number of hydrogen-bond acceptors (Lipinski definition) is 4. The summed E-state index contributed by atoms with van der Waals surface area (Å²) in [7, 11) is -3.02. The first-order chi connectivity index (χ1) is 13.9. The molecule has 0 aliphatic rings. The fourth-order valence-corrected chi connectivity index (χ4v) is 3.84. The summed E-state index contributed by atoms with van der Waals surface area (Å²) in [6.45, 7) is 2.20. The zero-order valence-corrected chi connectivity index (χ0v) is 17.7. The van der Waals surface area contributed by atoms with E-state index in [1.807, 2.05) is 60.7 Å². The molecule has 0 aromatic heterocycles. The molecule has 4 nitrogen and oxygen atoms in total. The van der Waals surface area contributed by atoms with Crippen molar-refractivity contribution in [1.82, 2.24) is 0 Å². The number of unbranched alkanes of at least 4 members (excludes halogenated alkanes) is 1. The fourth-order valence-electron chi connectivity index (χ4n) is 3.04. The van der Waals surface area contributed by atoms with Crippen LogP contribution in [0.2, 0.25) is 0 Å². The Labute approximate surface area is 173 Å². The van der Waals surface area contributed by atoms with Crippen molar-refractivity contribution in [3.05, 3.63) is 83.9 Å². The Hall–Kier alpha value is -2.79. The number of sulfone groups is 1. The first kappa shape index (κ1) is 20.9. The van der Waals surface area contributed by atoms with Gasteiger partial charge >= 0.3 is 0 Å². The first-order valence-corrected chi connectivity index (χ1v) is 11.9. The molecular weight excluding hydrogens is 380 g/mol. The van der Waals surface area contributed by atoms with Gasteiger partial charge in [0.1, 0.15) is 0 Å². The van der Waals surface area contributed by atoms with Gasteiger partial charge in [-0.2, -0.15) is 10.2 Å². The van der Waals surface area contributed by atoms with Gasteiger partial charge in [0.05, 0.1) is 17.1 Å². The topological polar surface area (TPSA) is 58.9 Å². The highest BCUT2D eigenvalue weighted by atomic mass is 32.2. The third-order valence-corrected chi connectivity index (χ3v) is 5.48. The van der Waals surface area contributed by atoms with E-state index in [2.05, 4.69) is 29.3 Å². The molecular formula is C24H26N2O2S. The molecule has 3 aromatic carbocycles. The van der Waals surface area contributed by atoms with Gasteiger partial charge < -0.3 is 0 Å². The Balaban J connectivity index is 1.64. The molecule has 0 radical (unpaired) electrons. The van der Waals surface area contributed by atoms with E-state index in [4.69, 9.17) is 0 Å². The highest BCUT2D eigenvalue weighted by molar-refractivity contribution is 7.89. The van der Waals surface area contributed by atoms with Crippen molar-refractivity contribution in [2.75, 3.05) is 6.26 Å². The Morgan fingerprint density at radius 2 is 1.14 bits per heavy atom. The molecule has 29 heavy (non-hydrogen) atoms. The molecule has 0 saturated heterocycles. The summed E-state index contributed by atoms with van der Waals surface area (Å²) in [5, 5.41) is 8.63. The smallest absolute Gasteiger partial charge is 0.151 e. The molecule has 0 saturated carbocycles. The standard InChI is InChI=1S/C24H26N2O2S/c1-3-4-5-19-8-14-23(15-9-19)25-26-24-16-12-22(13-17-24)21-10-6-20(7-11-21)18-29(2,27)28/h6-17H,3-5,18H2,1-2H3. The predicted octanol–water partition coefficient (Wildman–Crippen LogP) is 6.66. The van der Waals surface area contributed by atoms with Crippen LogP contribution in [0.25, 0.3) is 11.1 Å². The summed E-state index contributed by atoms with van der Waals surface area (Å²) < 4.78 is 22.8. The lowest BCUT2D eigenvalue weighted by atomic mass is 10.0. The van der Waals surface area contributed by atoms with Crippen molar-refractivity contribution >= 4 is 21.2 Å². The predicted molar refractivity (Wildman–Crippen MR) is 120 cm³/mol. The molecule has 0 aliphatic heterocycles. The van der Waals surface area contributed by atoms with Crippen molar-refractivity contribution < 1.29 is 8.42 Å². The van der Waals surface area contributed by atoms with E-state index >= 15 is 0 Å². The van der Waals surface area contributed by atoms with E-state index in [1.165, 1.54) is 24.7 Å². The quantitative estimate of drug-likeness (QED) is 0.393. The van der Waals surface area contributed by atoms with Crippen LogP contribution in [0.15, 0.2) is 83.0 Å². The van der Waals surface area contributed by atoms with E-state index in [0.29, 0.717) is 0 Å². The molecule has 0 heterocycles. The fraction of sp³-hybridized carbons (Fsp3) is 0.250. The highest BCUT2D eigenvalue weighted by Crippen LogP contribution is 2.25. The van der Waals surface area contributed by atoms with Crippen molar-refractivity contribution in [3.63, 3.8) is 0 Å². The Morgan fingerprint density at radius 3 is 1.62 bits per heavy atom. The average Bonchev–Trinajstić information content (AvgIpc) is 2.71. The van der Waals surface area contributed by atoms with Gasteiger partial charge in [-0.1, -0.05) is 61.9 Å². The molecule has 0 unspecified atom stereocenters. The SMILES string of the molecule is CCCCc1ccc(N=Nc2ccc(-c3ccc(CS(C)(=O)=O)cc3)cc2)cc1. The van der Waals surface area contributed by atoms with Gasteiger partial charge in [-0.15, -0.1) is 0 Å². The summed E-state index contributed by atoms with van der Waals surface area (Å²) in [5.74, 6) is 0.0617. The van der Waals surface area contributed by atoms with Crippen molar-refractivity contribution in [3.8, 4) is 11.1 Å². The maximum atomic E-state index is 11.4. The van der Waals surface area contributed by atoms with Gasteiger partial charge in [0.2, 0.25) is 0 Å². The first-order valence-electron chi connectivity index (χ1n) is 9.81. The van der Waals surface area contributed by atoms with Gasteiger partial charge in [0.25, 0.3) is 0 Å². The second-order valence-corrected chi connectivity index (χ2v) is 9.42. The van der Waals surface area contributed by atoms with Crippen LogP contribution in [0.4, 0.5) is 11.4 Å². The summed E-state index contributed by atoms with van der Waals surface area (Å²) in [4.78, 5) is 0. The maximum Gasteiger partial charge on any atom is 0.151 e. The molecule has 0 N–H and O–H groups in total. The van der Waals surface area contributed by atoms with Crippen molar-refractivity contribution in [2.45, 2.75) is 31.9 Å². The second-order valence-electron chi connectivity index (χ2n) is 7.28. The van der Waals surface area contributed by atoms with Gasteiger partial charge in [0.15, 0.2) is 9.84 Å². The number of nitrogens with zero attached hydrogens (tertiary/aromatic N) is 2. The lowest BCUT2D eigenvalue weighted by Crippen LogP contribution is -2.00. The van der Waals surface area contributed by atoms with Crippen LogP contribution in [-0.4, -0.2) is 14.7 Å². The van der Waals surface area contributed by atoms with Crippen LogP contribution in [-0.2, 0) is 22.0 Å². The van der Waals surface area contributed by atoms with Gasteiger partial charge in [0, 0.05) is 6.26 Å². The number of azo groups is 1. The van der Waals surface area contributed by atoms with Crippen molar-refractivity contribution in [1.29, 1.82) is 0 Å². The molecule has 0 spiro atoms. The minimum absolute atomic E-state index is 0.0617. The van der Waals surface area contributed by atoms with E-state index in [1.54, 1.807) is 0 Å². The number of aryl methyl sites for hydroxylation is 1. The van der Waals surface area contributed by atoms with Crippen LogP contribution in [0, 0.1) is 0 Å². The van der Waals surface area contributed by atoms with Crippen LogP contribution >= 0.6 is 0 Å². The summed E-state index contributed by atoms with van der Waals surface area (Å²) in [6.07, 6.45) is 4.75. The van der Waals surface area contributed by atoms with Crippen LogP contribution in [0.5, 0.6) is 0 Å². The normalized spacial score (nSPS) is 11.8. The summed E-state index contributed by atoms with van der Waals surface area (Å²) in [5.41, 5.74) is 5.84. The Bertz CT molecular complexity index is 1050. The molecule has 5 heteroatoms. The highest BCUT2D eigenvalue weighted by Gasteiger charge is 2.05. The Morgan fingerprint density at radius 1 is 0.690 bits per heavy atom. The minimum Gasteiger partial charge on any atom is -0.229 e. The molecule has 3 aromatic rings. The van der Waals surface area contributed by atoms with Gasteiger partial charge in [-0.25, -0.2) is 8.42 Å². The summed E-state index contributed by atoms with van der Waals surface area (Å²) in [6, 6.07) is 23.7. The van der Waals surface area contributed by atoms with Crippen LogP contribution in [0.3, 0.4) is 0 Å². The van der Waals surface area contributed by atoms with Gasteiger partial charge in [-0.3, -0.25) is 0 Å². The van der Waals surface area contributed by atoms with E-state index in [9.17, 15) is 8.42 Å². The number of benzene rings is 3. The lowest BCUT2D eigenvalue weighted by Gasteiger charge is -2.04. The molecule has 0 aliphatic carbocycles. The van der Waals surface area contributed by atoms with Crippen LogP contribution < -0.4 is 0 Å². The van der Waals surface area contributed by atoms with Crippen molar-refractivity contribution in [2.24, 2.45) is 10.2 Å². The summed E-state index contributed by atoms with van der Waals surface area (Å²) >= 11 is 0. The monoisotopic (exact) mass is 406 g/mol. The third-order valence-electron chi connectivity index (χ3n) is 4.62.